The maximum absolute atomic E-state index is 10.8. The topological polar surface area (TPSA) is 69.2 Å². The molecule has 0 aliphatic carbocycles. The van der Waals surface area contributed by atoms with Crippen LogP contribution in [0.5, 0.6) is 0 Å². The van der Waals surface area contributed by atoms with E-state index in [1.807, 2.05) is 40.1 Å². The standard InChI is InChI=1S/C17H24N4O3S/c1-14-12-16(17(18-3)19-4)13-15(2)20(14)8-7-9-21(5,6)10-11-25(22,23)24/h12-13H,7-11H2,1-2,5-6H3. The van der Waals surface area contributed by atoms with Crippen LogP contribution >= 0.6 is 0 Å². The molecule has 1 rings (SSSR count). The molecule has 0 bridgehead atoms. The average Bonchev–Trinajstić information content (AvgIpc) is 2.49. The zero-order chi connectivity index (χ0) is 19.3. The molecule has 0 aromatic rings. The molecule has 1 aliphatic rings. The normalized spacial score (nSPS) is 15.2. The van der Waals surface area contributed by atoms with Crippen molar-refractivity contribution in [1.82, 2.24) is 4.90 Å². The molecule has 0 aromatic heterocycles. The zero-order valence-corrected chi connectivity index (χ0v) is 15.9. The molecule has 25 heavy (non-hydrogen) atoms. The molecule has 0 amide bonds. The van der Waals surface area contributed by atoms with Crippen molar-refractivity contribution in [1.29, 1.82) is 0 Å². The minimum atomic E-state index is -4.19. The van der Waals surface area contributed by atoms with E-state index in [9.17, 15) is 13.0 Å². The number of hydrogen-bond donors (Lipinski definition) is 0. The van der Waals surface area contributed by atoms with Gasteiger partial charge in [-0.25, -0.2) is 8.42 Å². The van der Waals surface area contributed by atoms with E-state index in [-0.39, 0.29) is 11.6 Å². The van der Waals surface area contributed by atoms with Gasteiger partial charge in [0, 0.05) is 24.4 Å². The first kappa shape index (κ1) is 20.9. The van der Waals surface area contributed by atoms with E-state index in [1.165, 1.54) is 0 Å². The lowest BCUT2D eigenvalue weighted by molar-refractivity contribution is -0.888. The molecule has 0 spiro atoms. The molecule has 0 unspecified atom stereocenters. The fourth-order valence-corrected chi connectivity index (χ4v) is 3.41. The molecule has 0 atom stereocenters. The Kier molecular flexibility index (Phi) is 6.95. The Hall–Kier alpha value is -2.13. The first-order valence-corrected chi connectivity index (χ1v) is 9.46. The molecule has 0 saturated carbocycles. The van der Waals surface area contributed by atoms with Crippen LogP contribution in [0.15, 0.2) is 34.9 Å². The molecular weight excluding hydrogens is 340 g/mol. The first-order chi connectivity index (χ1) is 11.5. The second kappa shape index (κ2) is 8.30. The predicted octanol–water partition coefficient (Wildman–Crippen LogP) is 2.17. The summed E-state index contributed by atoms with van der Waals surface area (Å²) in [5.74, 6) is -0.291. The summed E-state index contributed by atoms with van der Waals surface area (Å²) in [4.78, 5) is 8.61. The first-order valence-electron chi connectivity index (χ1n) is 7.88. The van der Waals surface area contributed by atoms with Crippen LogP contribution in [0.3, 0.4) is 0 Å². The molecule has 0 saturated heterocycles. The van der Waals surface area contributed by atoms with Crippen LogP contribution in [0, 0.1) is 13.1 Å². The largest absolute Gasteiger partial charge is 0.748 e. The summed E-state index contributed by atoms with van der Waals surface area (Å²) in [6, 6.07) is 0. The van der Waals surface area contributed by atoms with Crippen molar-refractivity contribution in [2.45, 2.75) is 20.3 Å². The van der Waals surface area contributed by atoms with E-state index < -0.39 is 10.1 Å². The number of nitrogens with zero attached hydrogens (tertiary/aromatic N) is 4. The van der Waals surface area contributed by atoms with Gasteiger partial charge in [-0.05, 0) is 26.0 Å². The Morgan fingerprint density at radius 2 is 1.68 bits per heavy atom. The SMILES string of the molecule is [C-]#[N+]C([N+]#[C-])=C1C=C(C)N(CCC[N+](C)(C)CCS(=O)(=O)[O-])C(C)=C1. The van der Waals surface area contributed by atoms with Gasteiger partial charge in [-0.2, -0.15) is 9.69 Å². The van der Waals surface area contributed by atoms with Gasteiger partial charge in [0.25, 0.3) is 0 Å². The van der Waals surface area contributed by atoms with Gasteiger partial charge in [0.15, 0.2) is 0 Å². The highest BCUT2D eigenvalue weighted by molar-refractivity contribution is 7.85. The molecular formula is C17H24N4O3S. The maximum Gasteiger partial charge on any atom is 0.526 e. The fourth-order valence-electron chi connectivity index (χ4n) is 2.69. The van der Waals surface area contributed by atoms with Gasteiger partial charge >= 0.3 is 5.82 Å². The Morgan fingerprint density at radius 1 is 1.16 bits per heavy atom. The Bertz CT molecular complexity index is 755. The molecule has 1 aliphatic heterocycles. The van der Waals surface area contributed by atoms with Crippen LogP contribution in [-0.2, 0) is 10.1 Å². The van der Waals surface area contributed by atoms with Gasteiger partial charge < -0.3 is 13.9 Å². The third-order valence-electron chi connectivity index (χ3n) is 4.14. The zero-order valence-electron chi connectivity index (χ0n) is 15.1. The lowest BCUT2D eigenvalue weighted by Gasteiger charge is -2.33. The van der Waals surface area contributed by atoms with Gasteiger partial charge in [0.05, 0.1) is 38.5 Å². The molecule has 0 radical (unpaired) electrons. The summed E-state index contributed by atoms with van der Waals surface area (Å²) in [5, 5.41) is 0. The molecule has 1 heterocycles. The Balaban J connectivity index is 2.70. The molecule has 7 nitrogen and oxygen atoms in total. The molecule has 136 valence electrons. The second-order valence-corrected chi connectivity index (χ2v) is 8.25. The number of hydrogen-bond acceptors (Lipinski definition) is 4. The van der Waals surface area contributed by atoms with E-state index in [4.69, 9.17) is 13.1 Å². The lowest BCUT2D eigenvalue weighted by Crippen LogP contribution is -2.44. The van der Waals surface area contributed by atoms with Crippen LogP contribution < -0.4 is 0 Å². The molecule has 0 fully saturated rings. The molecule has 0 aromatic carbocycles. The highest BCUT2D eigenvalue weighted by atomic mass is 32.2. The highest BCUT2D eigenvalue weighted by Crippen LogP contribution is 2.25. The summed E-state index contributed by atoms with van der Waals surface area (Å²) in [6.45, 7) is 19.8. The fraction of sp³-hybridized carbons (Fsp3) is 0.529. The number of allylic oxidation sites excluding steroid dienone is 5. The smallest absolute Gasteiger partial charge is 0.526 e. The van der Waals surface area contributed by atoms with Crippen LogP contribution in [0.1, 0.15) is 20.3 Å². The van der Waals surface area contributed by atoms with Gasteiger partial charge in [0.2, 0.25) is 0 Å². The lowest BCUT2D eigenvalue weighted by atomic mass is 10.1. The van der Waals surface area contributed by atoms with E-state index in [0.29, 0.717) is 16.6 Å². The number of quaternary nitrogens is 1. The van der Waals surface area contributed by atoms with Gasteiger partial charge in [-0.15, -0.1) is 0 Å². The van der Waals surface area contributed by atoms with Gasteiger partial charge in [-0.1, -0.05) is 0 Å². The van der Waals surface area contributed by atoms with Crippen LogP contribution in [0.2, 0.25) is 0 Å². The highest BCUT2D eigenvalue weighted by Gasteiger charge is 2.21. The summed E-state index contributed by atoms with van der Waals surface area (Å²) < 4.78 is 32.8. The minimum absolute atomic E-state index is 0.0648. The van der Waals surface area contributed by atoms with Crippen LogP contribution in [0.4, 0.5) is 0 Å². The van der Waals surface area contributed by atoms with Crippen molar-refractivity contribution >= 4 is 10.1 Å². The van der Waals surface area contributed by atoms with Crippen molar-refractivity contribution in [3.8, 4) is 0 Å². The van der Waals surface area contributed by atoms with E-state index in [0.717, 1.165) is 30.9 Å². The average molecular weight is 364 g/mol. The summed E-state index contributed by atoms with van der Waals surface area (Å²) in [6.07, 6.45) is 4.49. The van der Waals surface area contributed by atoms with Crippen LogP contribution in [0.25, 0.3) is 9.69 Å². The summed E-state index contributed by atoms with van der Waals surface area (Å²) >= 11 is 0. The quantitative estimate of drug-likeness (QED) is 0.394. The number of rotatable bonds is 7. The van der Waals surface area contributed by atoms with E-state index >= 15 is 0 Å². The van der Waals surface area contributed by atoms with Gasteiger partial charge in [0.1, 0.15) is 23.3 Å². The molecule has 8 heteroatoms. The minimum Gasteiger partial charge on any atom is -0.748 e. The third kappa shape index (κ3) is 6.71. The van der Waals surface area contributed by atoms with Crippen molar-refractivity contribution in [3.05, 3.63) is 57.8 Å². The monoisotopic (exact) mass is 364 g/mol. The summed E-state index contributed by atoms with van der Waals surface area (Å²) in [7, 11) is -0.371. The maximum atomic E-state index is 10.8. The Labute approximate surface area is 150 Å². The van der Waals surface area contributed by atoms with Crippen molar-refractivity contribution in [3.63, 3.8) is 0 Å². The van der Waals surface area contributed by atoms with Crippen molar-refractivity contribution in [2.75, 3.05) is 39.5 Å². The summed E-state index contributed by atoms with van der Waals surface area (Å²) in [5.41, 5.74) is 2.56. The van der Waals surface area contributed by atoms with Crippen molar-refractivity contribution in [2.24, 2.45) is 0 Å². The Morgan fingerprint density at radius 3 is 2.12 bits per heavy atom. The predicted molar refractivity (Wildman–Crippen MR) is 95.5 cm³/mol. The van der Waals surface area contributed by atoms with Gasteiger partial charge in [-0.3, -0.25) is 0 Å². The molecule has 0 N–H and O–H groups in total. The second-order valence-electron chi connectivity index (χ2n) is 6.72. The van der Waals surface area contributed by atoms with E-state index in [1.54, 1.807) is 0 Å². The van der Waals surface area contributed by atoms with E-state index in [2.05, 4.69) is 14.6 Å². The third-order valence-corrected chi connectivity index (χ3v) is 4.82. The van der Waals surface area contributed by atoms with Crippen LogP contribution in [-0.4, -0.2) is 61.8 Å². The van der Waals surface area contributed by atoms with Crippen molar-refractivity contribution < 1.29 is 17.5 Å².